The fourth-order valence-corrected chi connectivity index (χ4v) is 1.88. The molecule has 2 aromatic rings. The van der Waals surface area contributed by atoms with Gasteiger partial charge >= 0.3 is 0 Å². The van der Waals surface area contributed by atoms with Crippen LogP contribution in [0.3, 0.4) is 0 Å². The van der Waals surface area contributed by atoms with E-state index in [0.717, 1.165) is 0 Å². The molecule has 0 fully saturated rings. The summed E-state index contributed by atoms with van der Waals surface area (Å²) >= 11 is 1.21. The first-order valence-corrected chi connectivity index (χ1v) is 5.51. The number of hydrogen-bond donors (Lipinski definition) is 1. The SMILES string of the molecule is COc1ccc(Nc2ncc(C#N)s2)cc1F. The summed E-state index contributed by atoms with van der Waals surface area (Å²) in [5.74, 6) is -0.262. The standard InChI is InChI=1S/C11H8FN3OS/c1-16-10-3-2-7(4-9(10)12)15-11-14-6-8(5-13)17-11/h2-4,6H,1H3,(H,14,15). The van der Waals surface area contributed by atoms with E-state index < -0.39 is 5.82 Å². The molecule has 0 bridgehead atoms. The number of nitriles is 1. The molecule has 0 saturated carbocycles. The Balaban J connectivity index is 2.19. The first-order valence-electron chi connectivity index (χ1n) is 4.69. The smallest absolute Gasteiger partial charge is 0.188 e. The molecule has 0 atom stereocenters. The van der Waals surface area contributed by atoms with Crippen LogP contribution in [0.4, 0.5) is 15.2 Å². The van der Waals surface area contributed by atoms with E-state index in [1.165, 1.54) is 36.8 Å². The summed E-state index contributed by atoms with van der Waals surface area (Å²) in [5, 5.41) is 12.1. The Bertz CT molecular complexity index is 576. The molecule has 0 radical (unpaired) electrons. The molecular weight excluding hydrogens is 241 g/mol. The Labute approximate surface area is 101 Å². The highest BCUT2D eigenvalue weighted by Gasteiger charge is 2.05. The number of rotatable bonds is 3. The van der Waals surface area contributed by atoms with Crippen LogP contribution in [-0.4, -0.2) is 12.1 Å². The van der Waals surface area contributed by atoms with Crippen LogP contribution in [0, 0.1) is 17.1 Å². The number of anilines is 2. The van der Waals surface area contributed by atoms with E-state index >= 15 is 0 Å². The minimum Gasteiger partial charge on any atom is -0.494 e. The Hall–Kier alpha value is -2.13. The Kier molecular flexibility index (Phi) is 3.21. The highest BCUT2D eigenvalue weighted by molar-refractivity contribution is 7.16. The molecule has 1 aromatic heterocycles. The van der Waals surface area contributed by atoms with Crippen LogP contribution in [-0.2, 0) is 0 Å². The van der Waals surface area contributed by atoms with Gasteiger partial charge in [0, 0.05) is 11.8 Å². The number of nitrogens with zero attached hydrogens (tertiary/aromatic N) is 2. The molecule has 17 heavy (non-hydrogen) atoms. The molecule has 4 nitrogen and oxygen atoms in total. The molecule has 6 heteroatoms. The summed E-state index contributed by atoms with van der Waals surface area (Å²) in [6.45, 7) is 0. The highest BCUT2D eigenvalue weighted by Crippen LogP contribution is 2.25. The van der Waals surface area contributed by atoms with E-state index in [9.17, 15) is 4.39 Å². The van der Waals surface area contributed by atoms with Gasteiger partial charge in [0.1, 0.15) is 10.9 Å². The average Bonchev–Trinajstić information content (AvgIpc) is 2.77. The van der Waals surface area contributed by atoms with Crippen molar-refractivity contribution in [3.05, 3.63) is 35.1 Å². The minimum atomic E-state index is -0.449. The predicted octanol–water partition coefficient (Wildman–Crippen LogP) is 2.91. The fourth-order valence-electron chi connectivity index (χ4n) is 1.25. The van der Waals surface area contributed by atoms with Gasteiger partial charge in [0.2, 0.25) is 0 Å². The normalized spacial score (nSPS) is 9.71. The van der Waals surface area contributed by atoms with Crippen molar-refractivity contribution in [1.82, 2.24) is 4.98 Å². The topological polar surface area (TPSA) is 57.9 Å². The van der Waals surface area contributed by atoms with Gasteiger partial charge in [-0.3, -0.25) is 0 Å². The minimum absolute atomic E-state index is 0.187. The third-order valence-electron chi connectivity index (χ3n) is 2.02. The number of hydrogen-bond acceptors (Lipinski definition) is 5. The molecule has 1 heterocycles. The molecule has 0 aliphatic rings. The summed E-state index contributed by atoms with van der Waals surface area (Å²) in [4.78, 5) is 4.49. The maximum absolute atomic E-state index is 13.4. The number of aromatic nitrogens is 1. The van der Waals surface area contributed by atoms with Crippen molar-refractivity contribution >= 4 is 22.2 Å². The van der Waals surface area contributed by atoms with Crippen LogP contribution >= 0.6 is 11.3 Å². The summed E-state index contributed by atoms with van der Waals surface area (Å²) in [6.07, 6.45) is 1.47. The number of nitrogens with one attached hydrogen (secondary N) is 1. The second-order valence-electron chi connectivity index (χ2n) is 3.12. The molecule has 0 unspecified atom stereocenters. The van der Waals surface area contributed by atoms with E-state index in [1.807, 2.05) is 6.07 Å². The van der Waals surface area contributed by atoms with Crippen LogP contribution in [0.1, 0.15) is 4.88 Å². The maximum Gasteiger partial charge on any atom is 0.188 e. The zero-order valence-electron chi connectivity index (χ0n) is 8.90. The van der Waals surface area contributed by atoms with Crippen LogP contribution in [0.5, 0.6) is 5.75 Å². The third kappa shape index (κ3) is 2.52. The van der Waals surface area contributed by atoms with Crippen LogP contribution in [0.2, 0.25) is 0 Å². The summed E-state index contributed by atoms with van der Waals surface area (Å²) in [5.41, 5.74) is 0.558. The molecule has 1 aromatic carbocycles. The molecule has 2 rings (SSSR count). The van der Waals surface area contributed by atoms with Gasteiger partial charge in [-0.2, -0.15) is 5.26 Å². The van der Waals surface area contributed by atoms with Crippen molar-refractivity contribution in [2.75, 3.05) is 12.4 Å². The highest BCUT2D eigenvalue weighted by atomic mass is 32.1. The molecular formula is C11H8FN3OS. The van der Waals surface area contributed by atoms with E-state index in [1.54, 1.807) is 6.07 Å². The van der Waals surface area contributed by atoms with E-state index in [2.05, 4.69) is 10.3 Å². The molecule has 0 amide bonds. The number of thiazole rings is 1. The van der Waals surface area contributed by atoms with E-state index in [4.69, 9.17) is 10.00 Å². The van der Waals surface area contributed by atoms with Crippen LogP contribution in [0.25, 0.3) is 0 Å². The monoisotopic (exact) mass is 249 g/mol. The van der Waals surface area contributed by atoms with Gasteiger partial charge in [-0.05, 0) is 12.1 Å². The first kappa shape index (κ1) is 11.4. The Morgan fingerprint density at radius 1 is 1.53 bits per heavy atom. The summed E-state index contributed by atoms with van der Waals surface area (Å²) < 4.78 is 18.2. The van der Waals surface area contributed by atoms with Crippen molar-refractivity contribution in [3.8, 4) is 11.8 Å². The quantitative estimate of drug-likeness (QED) is 0.908. The van der Waals surface area contributed by atoms with Gasteiger partial charge in [0.05, 0.1) is 13.3 Å². The largest absolute Gasteiger partial charge is 0.494 e. The molecule has 0 aliphatic carbocycles. The number of halogens is 1. The molecule has 0 saturated heterocycles. The Morgan fingerprint density at radius 3 is 2.94 bits per heavy atom. The number of methoxy groups -OCH3 is 1. The molecule has 0 aliphatic heterocycles. The van der Waals surface area contributed by atoms with Gasteiger partial charge in [-0.1, -0.05) is 11.3 Å². The summed E-state index contributed by atoms with van der Waals surface area (Å²) in [6, 6.07) is 6.50. The maximum atomic E-state index is 13.4. The first-order chi connectivity index (χ1) is 8.22. The lowest BCUT2D eigenvalue weighted by Crippen LogP contribution is -1.92. The average molecular weight is 249 g/mol. The zero-order chi connectivity index (χ0) is 12.3. The molecule has 1 N–H and O–H groups in total. The van der Waals surface area contributed by atoms with Crippen LogP contribution in [0.15, 0.2) is 24.4 Å². The molecule has 0 spiro atoms. The van der Waals surface area contributed by atoms with Gasteiger partial charge < -0.3 is 10.1 Å². The van der Waals surface area contributed by atoms with Crippen molar-refractivity contribution in [3.63, 3.8) is 0 Å². The van der Waals surface area contributed by atoms with Crippen molar-refractivity contribution in [2.24, 2.45) is 0 Å². The van der Waals surface area contributed by atoms with Crippen molar-refractivity contribution in [2.45, 2.75) is 0 Å². The van der Waals surface area contributed by atoms with Gasteiger partial charge in [-0.25, -0.2) is 9.37 Å². The lowest BCUT2D eigenvalue weighted by molar-refractivity contribution is 0.386. The van der Waals surface area contributed by atoms with E-state index in [0.29, 0.717) is 15.7 Å². The zero-order valence-corrected chi connectivity index (χ0v) is 9.71. The lowest BCUT2D eigenvalue weighted by Gasteiger charge is -2.05. The Morgan fingerprint density at radius 2 is 2.35 bits per heavy atom. The summed E-state index contributed by atoms with van der Waals surface area (Å²) in [7, 11) is 1.41. The van der Waals surface area contributed by atoms with Crippen molar-refractivity contribution < 1.29 is 9.13 Å². The van der Waals surface area contributed by atoms with Crippen LogP contribution < -0.4 is 10.1 Å². The lowest BCUT2D eigenvalue weighted by atomic mass is 10.3. The number of ether oxygens (including phenoxy) is 1. The fraction of sp³-hybridized carbons (Fsp3) is 0.0909. The second-order valence-corrected chi connectivity index (χ2v) is 4.15. The van der Waals surface area contributed by atoms with Crippen molar-refractivity contribution in [1.29, 1.82) is 5.26 Å². The van der Waals surface area contributed by atoms with Gasteiger partial charge in [0.15, 0.2) is 16.7 Å². The van der Waals surface area contributed by atoms with Gasteiger partial charge in [-0.15, -0.1) is 0 Å². The van der Waals surface area contributed by atoms with E-state index in [-0.39, 0.29) is 5.75 Å². The number of benzene rings is 1. The molecule has 86 valence electrons. The second kappa shape index (κ2) is 4.80. The predicted molar refractivity (Wildman–Crippen MR) is 63.1 cm³/mol. The third-order valence-corrected chi connectivity index (χ3v) is 2.84. The van der Waals surface area contributed by atoms with Gasteiger partial charge in [0.25, 0.3) is 0 Å².